The number of aliphatic hydroxyl groups is 1. The van der Waals surface area contributed by atoms with Gasteiger partial charge in [-0.2, -0.15) is 0 Å². The summed E-state index contributed by atoms with van der Waals surface area (Å²) >= 11 is 7.84. The fourth-order valence-electron chi connectivity index (χ4n) is 2.75. The molecule has 0 spiro atoms. The highest BCUT2D eigenvalue weighted by molar-refractivity contribution is 7.99. The minimum absolute atomic E-state index is 0.0260. The van der Waals surface area contributed by atoms with Gasteiger partial charge in [-0.25, -0.2) is 0 Å². The zero-order valence-electron chi connectivity index (χ0n) is 15.2. The van der Waals surface area contributed by atoms with Gasteiger partial charge in [-0.3, -0.25) is 0 Å². The van der Waals surface area contributed by atoms with Crippen LogP contribution in [0.5, 0.6) is 5.75 Å². The van der Waals surface area contributed by atoms with E-state index >= 15 is 0 Å². The molecule has 0 saturated carbocycles. The molecule has 1 unspecified atom stereocenters. The van der Waals surface area contributed by atoms with Crippen molar-refractivity contribution in [1.29, 1.82) is 0 Å². The summed E-state index contributed by atoms with van der Waals surface area (Å²) in [6, 6.07) is 19.8. The van der Waals surface area contributed by atoms with Gasteiger partial charge in [-0.05, 0) is 49.7 Å². The molecule has 0 aliphatic carbocycles. The molecule has 0 aliphatic rings. The van der Waals surface area contributed by atoms with Gasteiger partial charge >= 0.3 is 0 Å². The highest BCUT2D eigenvalue weighted by atomic mass is 35.5. The molecule has 3 N–H and O–H groups in total. The van der Waals surface area contributed by atoms with E-state index in [0.717, 1.165) is 10.5 Å². The first-order chi connectivity index (χ1) is 12.9. The number of aromatic hydroxyl groups is 1. The lowest BCUT2D eigenvalue weighted by atomic mass is 10.1. The topological polar surface area (TPSA) is 52.5 Å². The summed E-state index contributed by atoms with van der Waals surface area (Å²) in [6.07, 6.45) is -0.798. The van der Waals surface area contributed by atoms with Crippen molar-refractivity contribution in [2.24, 2.45) is 0 Å². The van der Waals surface area contributed by atoms with E-state index in [1.807, 2.05) is 12.1 Å². The van der Waals surface area contributed by atoms with Crippen LogP contribution in [0.1, 0.15) is 29.7 Å². The maximum absolute atomic E-state index is 10.4. The Labute approximate surface area is 169 Å². The molecule has 0 radical (unpaired) electrons. The number of anilines is 1. The van der Waals surface area contributed by atoms with Crippen LogP contribution in [-0.4, -0.2) is 10.2 Å². The molecule has 3 nitrogen and oxygen atoms in total. The molecule has 5 heteroatoms. The summed E-state index contributed by atoms with van der Waals surface area (Å²) in [5, 5.41) is 23.9. The van der Waals surface area contributed by atoms with E-state index in [-0.39, 0.29) is 5.75 Å². The fraction of sp³-hybridized carbons (Fsp3) is 0.182. The molecule has 3 aromatic rings. The quantitative estimate of drug-likeness (QED) is 0.434. The van der Waals surface area contributed by atoms with Gasteiger partial charge in [-0.15, -0.1) is 0 Å². The molecule has 0 heterocycles. The van der Waals surface area contributed by atoms with E-state index in [4.69, 9.17) is 11.6 Å². The molecule has 3 aromatic carbocycles. The number of hydrogen-bond acceptors (Lipinski definition) is 4. The van der Waals surface area contributed by atoms with Crippen LogP contribution in [0.4, 0.5) is 5.69 Å². The number of nitrogens with one attached hydrogen (secondary N) is 1. The summed E-state index contributed by atoms with van der Waals surface area (Å²) in [5.41, 5.74) is 3.27. The molecule has 1 atom stereocenters. The van der Waals surface area contributed by atoms with Gasteiger partial charge in [0.2, 0.25) is 0 Å². The van der Waals surface area contributed by atoms with E-state index in [9.17, 15) is 10.2 Å². The monoisotopic (exact) mass is 399 g/mol. The third-order valence-corrected chi connectivity index (χ3v) is 5.59. The van der Waals surface area contributed by atoms with Crippen LogP contribution in [0.25, 0.3) is 0 Å². The van der Waals surface area contributed by atoms with E-state index < -0.39 is 6.10 Å². The predicted molar refractivity (Wildman–Crippen MR) is 113 cm³/mol. The predicted octanol–water partition coefficient (Wildman–Crippen LogP) is 6.17. The Morgan fingerprint density at radius 2 is 1.78 bits per heavy atom. The van der Waals surface area contributed by atoms with Crippen molar-refractivity contribution in [2.45, 2.75) is 36.3 Å². The van der Waals surface area contributed by atoms with Gasteiger partial charge in [0, 0.05) is 26.9 Å². The van der Waals surface area contributed by atoms with Gasteiger partial charge < -0.3 is 15.5 Å². The zero-order chi connectivity index (χ0) is 19.4. The molecular formula is C22H22ClNO2S. The Morgan fingerprint density at radius 3 is 2.48 bits per heavy atom. The van der Waals surface area contributed by atoms with Gasteiger partial charge in [0.15, 0.2) is 0 Å². The molecule has 0 amide bonds. The number of hydrogen-bond donors (Lipinski definition) is 3. The van der Waals surface area contributed by atoms with Gasteiger partial charge in [0.05, 0.1) is 11.8 Å². The van der Waals surface area contributed by atoms with Crippen molar-refractivity contribution in [1.82, 2.24) is 0 Å². The van der Waals surface area contributed by atoms with Crippen molar-refractivity contribution in [3.63, 3.8) is 0 Å². The molecule has 0 saturated heterocycles. The Hall–Kier alpha value is -2.14. The van der Waals surface area contributed by atoms with E-state index in [2.05, 4.69) is 48.6 Å². The van der Waals surface area contributed by atoms with E-state index in [1.165, 1.54) is 10.5 Å². The molecule has 3 rings (SSSR count). The van der Waals surface area contributed by atoms with Crippen LogP contribution in [-0.2, 0) is 6.54 Å². The molecule has 27 heavy (non-hydrogen) atoms. The second-order valence-electron chi connectivity index (χ2n) is 6.44. The van der Waals surface area contributed by atoms with Gasteiger partial charge in [-0.1, -0.05) is 59.3 Å². The van der Waals surface area contributed by atoms with Crippen LogP contribution in [0.2, 0.25) is 5.02 Å². The van der Waals surface area contributed by atoms with Gasteiger partial charge in [0.1, 0.15) is 5.75 Å². The second kappa shape index (κ2) is 8.70. The summed E-state index contributed by atoms with van der Waals surface area (Å²) in [5.74, 6) is 0.0260. The van der Waals surface area contributed by atoms with Crippen LogP contribution in [0.15, 0.2) is 70.5 Å². The standard InChI is InChI=1S/C22H22ClNO2S/c1-14-7-9-18(10-8-14)27-21-6-4-3-5-16(21)13-24-20-12-17(23)11-19(15(2)25)22(20)26/h3-12,15,24-26H,13H2,1-2H3. The molecule has 0 bridgehead atoms. The first kappa shape index (κ1) is 19.6. The lowest BCUT2D eigenvalue weighted by Gasteiger charge is -2.16. The summed E-state index contributed by atoms with van der Waals surface area (Å²) in [6.45, 7) is 4.20. The number of phenols is 1. The Balaban J connectivity index is 1.80. The Kier molecular flexibility index (Phi) is 6.32. The first-order valence-corrected chi connectivity index (χ1v) is 9.90. The van der Waals surface area contributed by atoms with Crippen LogP contribution < -0.4 is 5.32 Å². The fourth-order valence-corrected chi connectivity index (χ4v) is 3.92. The normalized spacial score (nSPS) is 12.0. The number of rotatable bonds is 6. The minimum atomic E-state index is -0.798. The first-order valence-electron chi connectivity index (χ1n) is 8.71. The maximum Gasteiger partial charge on any atom is 0.144 e. The average molecular weight is 400 g/mol. The smallest absolute Gasteiger partial charge is 0.144 e. The summed E-state index contributed by atoms with van der Waals surface area (Å²) < 4.78 is 0. The SMILES string of the molecule is Cc1ccc(Sc2ccccc2CNc2cc(Cl)cc(C(C)O)c2O)cc1. The highest BCUT2D eigenvalue weighted by Crippen LogP contribution is 2.36. The lowest BCUT2D eigenvalue weighted by molar-refractivity contribution is 0.195. The largest absolute Gasteiger partial charge is 0.505 e. The third kappa shape index (κ3) is 4.98. The maximum atomic E-state index is 10.4. The van der Waals surface area contributed by atoms with Crippen LogP contribution >= 0.6 is 23.4 Å². The zero-order valence-corrected chi connectivity index (χ0v) is 16.8. The van der Waals surface area contributed by atoms with Crippen LogP contribution in [0, 0.1) is 6.92 Å². The third-order valence-electron chi connectivity index (χ3n) is 4.24. The molecule has 0 fully saturated rings. The van der Waals surface area contributed by atoms with E-state index in [1.54, 1.807) is 30.8 Å². The lowest BCUT2D eigenvalue weighted by Crippen LogP contribution is -2.03. The Bertz CT molecular complexity index is 926. The number of aryl methyl sites for hydroxylation is 1. The van der Waals surface area contributed by atoms with Crippen molar-refractivity contribution in [3.05, 3.63) is 82.4 Å². The summed E-state index contributed by atoms with van der Waals surface area (Å²) in [7, 11) is 0. The summed E-state index contributed by atoms with van der Waals surface area (Å²) in [4.78, 5) is 2.32. The van der Waals surface area contributed by atoms with Crippen molar-refractivity contribution >= 4 is 29.1 Å². The number of aliphatic hydroxyl groups excluding tert-OH is 1. The molecular weight excluding hydrogens is 378 g/mol. The molecule has 140 valence electrons. The number of phenolic OH excluding ortho intramolecular Hbond substituents is 1. The van der Waals surface area contributed by atoms with Crippen LogP contribution in [0.3, 0.4) is 0 Å². The van der Waals surface area contributed by atoms with Gasteiger partial charge in [0.25, 0.3) is 0 Å². The van der Waals surface area contributed by atoms with Crippen molar-refractivity contribution in [3.8, 4) is 5.75 Å². The highest BCUT2D eigenvalue weighted by Gasteiger charge is 2.14. The minimum Gasteiger partial charge on any atom is -0.505 e. The second-order valence-corrected chi connectivity index (χ2v) is 8.00. The number of halogens is 1. The van der Waals surface area contributed by atoms with E-state index in [0.29, 0.717) is 22.8 Å². The Morgan fingerprint density at radius 1 is 1.07 bits per heavy atom. The molecule has 0 aliphatic heterocycles. The van der Waals surface area contributed by atoms with Crippen molar-refractivity contribution in [2.75, 3.05) is 5.32 Å². The molecule has 0 aromatic heterocycles. The van der Waals surface area contributed by atoms with Crippen molar-refractivity contribution < 1.29 is 10.2 Å². The number of benzene rings is 3. The average Bonchev–Trinajstić information content (AvgIpc) is 2.65.